The van der Waals surface area contributed by atoms with Gasteiger partial charge in [0.1, 0.15) is 0 Å². The van der Waals surface area contributed by atoms with Gasteiger partial charge in [0.15, 0.2) is 11.3 Å². The number of carbonyl (C=O) groups excluding carboxylic acids is 1. The smallest absolute Gasteiger partial charge is 0.358 e. The molecular formula is C15H13N3O3. The third-order valence-electron chi connectivity index (χ3n) is 2.96. The predicted octanol–water partition coefficient (Wildman–Crippen LogP) is 2.28. The van der Waals surface area contributed by atoms with Crippen molar-refractivity contribution in [1.82, 2.24) is 14.6 Å². The number of hydrogen-bond donors (Lipinski definition) is 1. The summed E-state index contributed by atoms with van der Waals surface area (Å²) in [6.07, 6.45) is 0. The number of aromatic hydroxyl groups is 1. The highest BCUT2D eigenvalue weighted by Gasteiger charge is 2.15. The number of esters is 1. The van der Waals surface area contributed by atoms with Crippen LogP contribution in [0.15, 0.2) is 42.5 Å². The highest BCUT2D eigenvalue weighted by Crippen LogP contribution is 2.23. The summed E-state index contributed by atoms with van der Waals surface area (Å²) in [5, 5.41) is 14.0. The molecule has 1 aromatic carbocycles. The van der Waals surface area contributed by atoms with E-state index in [0.29, 0.717) is 11.3 Å². The van der Waals surface area contributed by atoms with Crippen molar-refractivity contribution in [2.75, 3.05) is 6.61 Å². The standard InChI is InChI=1S/C15H13N3O3/c1-2-21-15(20)12-8-13-16-11(9-14(19)18(13)17-12)10-6-4-3-5-7-10/h3-9,19H,2H2,1H3. The lowest BCUT2D eigenvalue weighted by Gasteiger charge is -2.03. The van der Waals surface area contributed by atoms with Gasteiger partial charge in [-0.1, -0.05) is 30.3 Å². The first-order valence-electron chi connectivity index (χ1n) is 6.51. The summed E-state index contributed by atoms with van der Waals surface area (Å²) >= 11 is 0. The van der Waals surface area contributed by atoms with E-state index in [-0.39, 0.29) is 18.2 Å². The molecule has 0 fully saturated rings. The normalized spacial score (nSPS) is 10.7. The molecule has 21 heavy (non-hydrogen) atoms. The Balaban J connectivity index is 2.10. The zero-order valence-electron chi connectivity index (χ0n) is 11.4. The molecule has 0 spiro atoms. The van der Waals surface area contributed by atoms with Gasteiger partial charge >= 0.3 is 5.97 Å². The van der Waals surface area contributed by atoms with Crippen LogP contribution >= 0.6 is 0 Å². The van der Waals surface area contributed by atoms with Crippen molar-refractivity contribution in [1.29, 1.82) is 0 Å². The lowest BCUT2D eigenvalue weighted by Crippen LogP contribution is -2.05. The fourth-order valence-electron chi connectivity index (χ4n) is 2.02. The number of fused-ring (bicyclic) bond motifs is 1. The average molecular weight is 283 g/mol. The van der Waals surface area contributed by atoms with E-state index in [0.717, 1.165) is 5.56 Å². The molecular weight excluding hydrogens is 270 g/mol. The second-order valence-electron chi connectivity index (χ2n) is 4.39. The van der Waals surface area contributed by atoms with Gasteiger partial charge in [0.05, 0.1) is 12.3 Å². The van der Waals surface area contributed by atoms with E-state index in [1.54, 1.807) is 6.92 Å². The Labute approximate surface area is 120 Å². The topological polar surface area (TPSA) is 76.7 Å². The summed E-state index contributed by atoms with van der Waals surface area (Å²) in [6.45, 7) is 1.98. The van der Waals surface area contributed by atoms with E-state index in [1.807, 2.05) is 30.3 Å². The molecule has 3 aromatic rings. The Morgan fingerprint density at radius 1 is 1.29 bits per heavy atom. The fourth-order valence-corrected chi connectivity index (χ4v) is 2.02. The van der Waals surface area contributed by atoms with E-state index in [9.17, 15) is 9.90 Å². The largest absolute Gasteiger partial charge is 0.493 e. The minimum Gasteiger partial charge on any atom is -0.493 e. The van der Waals surface area contributed by atoms with Crippen molar-refractivity contribution >= 4 is 11.6 Å². The maximum Gasteiger partial charge on any atom is 0.358 e. The predicted molar refractivity (Wildman–Crippen MR) is 76.0 cm³/mol. The minimum absolute atomic E-state index is 0.0885. The van der Waals surface area contributed by atoms with Crippen LogP contribution in [-0.2, 0) is 4.74 Å². The van der Waals surface area contributed by atoms with Crippen molar-refractivity contribution in [2.45, 2.75) is 6.92 Å². The number of rotatable bonds is 3. The van der Waals surface area contributed by atoms with Gasteiger partial charge in [0.2, 0.25) is 5.88 Å². The third kappa shape index (κ3) is 2.43. The van der Waals surface area contributed by atoms with Crippen molar-refractivity contribution in [2.24, 2.45) is 0 Å². The molecule has 0 aliphatic heterocycles. The van der Waals surface area contributed by atoms with Gasteiger partial charge in [-0.05, 0) is 6.92 Å². The van der Waals surface area contributed by atoms with Gasteiger partial charge < -0.3 is 9.84 Å². The molecule has 0 aliphatic rings. The number of aromatic nitrogens is 3. The number of ether oxygens (including phenoxy) is 1. The number of nitrogens with zero attached hydrogens (tertiary/aromatic N) is 3. The van der Waals surface area contributed by atoms with Gasteiger partial charge in [-0.2, -0.15) is 9.61 Å². The molecule has 6 heteroatoms. The monoisotopic (exact) mass is 283 g/mol. The average Bonchev–Trinajstić information content (AvgIpc) is 2.93. The van der Waals surface area contributed by atoms with Gasteiger partial charge in [0, 0.05) is 17.7 Å². The van der Waals surface area contributed by atoms with Gasteiger partial charge in [-0.3, -0.25) is 0 Å². The lowest BCUT2D eigenvalue weighted by atomic mass is 10.1. The van der Waals surface area contributed by atoms with E-state index in [2.05, 4.69) is 10.1 Å². The maximum absolute atomic E-state index is 11.7. The third-order valence-corrected chi connectivity index (χ3v) is 2.96. The molecule has 0 atom stereocenters. The van der Waals surface area contributed by atoms with Crippen LogP contribution in [0.5, 0.6) is 5.88 Å². The van der Waals surface area contributed by atoms with Crippen LogP contribution < -0.4 is 0 Å². The van der Waals surface area contributed by atoms with Crippen LogP contribution in [0.2, 0.25) is 0 Å². The fraction of sp³-hybridized carbons (Fsp3) is 0.133. The van der Waals surface area contributed by atoms with Crippen LogP contribution in [0, 0.1) is 0 Å². The van der Waals surface area contributed by atoms with Crippen molar-refractivity contribution in [3.63, 3.8) is 0 Å². The van der Waals surface area contributed by atoms with Crippen LogP contribution in [0.4, 0.5) is 0 Å². The second-order valence-corrected chi connectivity index (χ2v) is 4.39. The number of hydrogen-bond acceptors (Lipinski definition) is 5. The lowest BCUT2D eigenvalue weighted by molar-refractivity contribution is 0.0519. The first-order valence-corrected chi connectivity index (χ1v) is 6.51. The molecule has 0 radical (unpaired) electrons. The Bertz CT molecular complexity index is 797. The number of carbonyl (C=O) groups is 1. The van der Waals surface area contributed by atoms with E-state index in [1.165, 1.54) is 16.6 Å². The second kappa shape index (κ2) is 5.24. The van der Waals surface area contributed by atoms with Crippen LogP contribution in [-0.4, -0.2) is 32.3 Å². The summed E-state index contributed by atoms with van der Waals surface area (Å²) in [6, 6.07) is 12.5. The van der Waals surface area contributed by atoms with Gasteiger partial charge in [0.25, 0.3) is 0 Å². The SMILES string of the molecule is CCOC(=O)c1cc2nc(-c3ccccc3)cc(O)n2n1. The van der Waals surface area contributed by atoms with Gasteiger partial charge in [-0.15, -0.1) is 0 Å². The van der Waals surface area contributed by atoms with Crippen LogP contribution in [0.3, 0.4) is 0 Å². The molecule has 0 saturated carbocycles. The van der Waals surface area contributed by atoms with E-state index >= 15 is 0 Å². The number of benzene rings is 1. The summed E-state index contributed by atoms with van der Waals surface area (Å²) in [5.41, 5.74) is 1.98. The Kier molecular flexibility index (Phi) is 3.27. The molecule has 6 nitrogen and oxygen atoms in total. The van der Waals surface area contributed by atoms with Crippen molar-refractivity contribution in [3.05, 3.63) is 48.2 Å². The molecule has 3 rings (SSSR count). The molecule has 1 N–H and O–H groups in total. The summed E-state index contributed by atoms with van der Waals surface area (Å²) in [5.74, 6) is -0.627. The highest BCUT2D eigenvalue weighted by molar-refractivity contribution is 5.88. The highest BCUT2D eigenvalue weighted by atomic mass is 16.5. The molecule has 0 aliphatic carbocycles. The van der Waals surface area contributed by atoms with E-state index in [4.69, 9.17) is 4.74 Å². The van der Waals surface area contributed by atoms with Crippen molar-refractivity contribution in [3.8, 4) is 17.1 Å². The zero-order valence-corrected chi connectivity index (χ0v) is 11.4. The summed E-state index contributed by atoms with van der Waals surface area (Å²) in [4.78, 5) is 16.1. The summed E-state index contributed by atoms with van der Waals surface area (Å²) < 4.78 is 6.10. The maximum atomic E-state index is 11.7. The summed E-state index contributed by atoms with van der Waals surface area (Å²) in [7, 11) is 0. The molecule has 0 bridgehead atoms. The molecule has 106 valence electrons. The molecule has 2 aromatic heterocycles. The van der Waals surface area contributed by atoms with Crippen LogP contribution in [0.25, 0.3) is 16.9 Å². The van der Waals surface area contributed by atoms with Crippen LogP contribution in [0.1, 0.15) is 17.4 Å². The van der Waals surface area contributed by atoms with Crippen molar-refractivity contribution < 1.29 is 14.6 Å². The van der Waals surface area contributed by atoms with E-state index < -0.39 is 5.97 Å². The molecule has 0 amide bonds. The first-order chi connectivity index (χ1) is 10.2. The molecule has 0 unspecified atom stereocenters. The minimum atomic E-state index is -0.538. The van der Waals surface area contributed by atoms with Gasteiger partial charge in [-0.25, -0.2) is 9.78 Å². The molecule has 2 heterocycles. The first kappa shape index (κ1) is 13.1. The Hall–Kier alpha value is -2.89. The Morgan fingerprint density at radius 3 is 2.76 bits per heavy atom. The zero-order chi connectivity index (χ0) is 14.8. The Morgan fingerprint density at radius 2 is 2.05 bits per heavy atom. The quantitative estimate of drug-likeness (QED) is 0.746. The molecule has 0 saturated heterocycles.